The Morgan fingerprint density at radius 3 is 2.67 bits per heavy atom. The summed E-state index contributed by atoms with van der Waals surface area (Å²) < 4.78 is 28.1. The van der Waals surface area contributed by atoms with Gasteiger partial charge in [0.25, 0.3) is 15.6 Å². The van der Waals surface area contributed by atoms with Crippen LogP contribution in [0.4, 0.5) is 0 Å². The number of carboxylic acids is 1. The van der Waals surface area contributed by atoms with Gasteiger partial charge < -0.3 is 10.0 Å². The zero-order valence-corrected chi connectivity index (χ0v) is 21.5. The van der Waals surface area contributed by atoms with Crippen LogP contribution in [0.25, 0.3) is 10.6 Å². The van der Waals surface area contributed by atoms with Gasteiger partial charge in [0.15, 0.2) is 0 Å². The van der Waals surface area contributed by atoms with Gasteiger partial charge in [-0.3, -0.25) is 23.9 Å². The molecular formula is C19H18Cl2N6O7S2. The molecule has 0 bridgehead atoms. The third-order valence-corrected chi connectivity index (χ3v) is 7.99. The van der Waals surface area contributed by atoms with Crippen molar-refractivity contribution in [1.29, 1.82) is 0 Å². The molecule has 0 unspecified atom stereocenters. The zero-order valence-electron chi connectivity index (χ0n) is 18.4. The van der Waals surface area contributed by atoms with E-state index in [9.17, 15) is 27.6 Å². The minimum atomic E-state index is -4.16. The van der Waals surface area contributed by atoms with Crippen molar-refractivity contribution in [3.8, 4) is 10.6 Å². The van der Waals surface area contributed by atoms with Crippen molar-refractivity contribution in [2.75, 3.05) is 19.6 Å². The monoisotopic (exact) mass is 576 g/mol. The van der Waals surface area contributed by atoms with E-state index in [2.05, 4.69) is 14.9 Å². The van der Waals surface area contributed by atoms with Crippen LogP contribution in [0.2, 0.25) is 10.0 Å². The molecule has 1 aromatic carbocycles. The number of nitrogens with one attached hydrogen (secondary N) is 2. The molecule has 0 fully saturated rings. The lowest BCUT2D eigenvalue weighted by Gasteiger charge is -2.21. The molecule has 0 aliphatic heterocycles. The lowest BCUT2D eigenvalue weighted by molar-refractivity contribution is -0.144. The summed E-state index contributed by atoms with van der Waals surface area (Å²) in [5, 5.41) is 17.5. The lowest BCUT2D eigenvalue weighted by Crippen LogP contribution is -2.44. The van der Waals surface area contributed by atoms with Crippen LogP contribution < -0.4 is 16.0 Å². The average molecular weight is 577 g/mol. The molecule has 192 valence electrons. The molecule has 0 saturated carbocycles. The van der Waals surface area contributed by atoms with Crippen molar-refractivity contribution >= 4 is 56.4 Å². The lowest BCUT2D eigenvalue weighted by atomic mass is 10.2. The largest absolute Gasteiger partial charge is 0.480 e. The predicted molar refractivity (Wildman–Crippen MR) is 131 cm³/mol. The Morgan fingerprint density at radius 2 is 1.97 bits per heavy atom. The third-order valence-electron chi connectivity index (χ3n) is 4.64. The standard InChI is InChI=1S/C19H18Cl2N6O7S2/c1-10-7-27(18(32)23-16(10)31)8-14(28)26(9-15(29)30)5-4-22-36(33,34)19-25-24-17(35-19)12-6-11(20)2-3-13(12)21/h2-3,6-7,22H,4-5,8-9H2,1H3,(H,29,30)(H,23,31,32). The van der Waals surface area contributed by atoms with Crippen LogP contribution in [-0.2, 0) is 26.2 Å². The number of H-pyrrole nitrogens is 1. The predicted octanol–water partition coefficient (Wildman–Crippen LogP) is 0.562. The van der Waals surface area contributed by atoms with E-state index in [-0.39, 0.29) is 28.0 Å². The van der Waals surface area contributed by atoms with Crippen molar-refractivity contribution in [1.82, 2.24) is 29.4 Å². The first kappa shape index (κ1) is 27.5. The van der Waals surface area contributed by atoms with Gasteiger partial charge in [-0.2, -0.15) is 0 Å². The van der Waals surface area contributed by atoms with E-state index in [1.165, 1.54) is 25.3 Å². The molecule has 36 heavy (non-hydrogen) atoms. The maximum Gasteiger partial charge on any atom is 0.328 e. The van der Waals surface area contributed by atoms with Gasteiger partial charge in [0.05, 0.1) is 5.02 Å². The van der Waals surface area contributed by atoms with E-state index in [0.29, 0.717) is 15.6 Å². The fourth-order valence-electron chi connectivity index (χ4n) is 2.90. The van der Waals surface area contributed by atoms with Crippen LogP contribution in [0, 0.1) is 6.92 Å². The van der Waals surface area contributed by atoms with Crippen LogP contribution >= 0.6 is 34.5 Å². The number of sulfonamides is 1. The summed E-state index contributed by atoms with van der Waals surface area (Å²) in [4.78, 5) is 50.2. The number of aliphatic carboxylic acids is 1. The molecule has 0 atom stereocenters. The molecule has 2 heterocycles. The van der Waals surface area contributed by atoms with Gasteiger partial charge in [0, 0.05) is 35.4 Å². The maximum absolute atomic E-state index is 12.6. The van der Waals surface area contributed by atoms with Crippen molar-refractivity contribution < 1.29 is 23.1 Å². The van der Waals surface area contributed by atoms with Crippen molar-refractivity contribution in [3.05, 3.63) is 60.8 Å². The van der Waals surface area contributed by atoms with E-state index >= 15 is 0 Å². The molecule has 3 aromatic rings. The molecule has 0 aliphatic carbocycles. The van der Waals surface area contributed by atoms with Crippen LogP contribution in [-0.4, -0.2) is 69.7 Å². The highest BCUT2D eigenvalue weighted by Crippen LogP contribution is 2.33. The van der Waals surface area contributed by atoms with E-state index in [0.717, 1.165) is 20.8 Å². The van der Waals surface area contributed by atoms with E-state index in [4.69, 9.17) is 28.3 Å². The highest BCUT2D eigenvalue weighted by atomic mass is 35.5. The number of hydrogen-bond donors (Lipinski definition) is 3. The summed E-state index contributed by atoms with van der Waals surface area (Å²) in [5.41, 5.74) is -0.885. The van der Waals surface area contributed by atoms with Gasteiger partial charge in [-0.05, 0) is 25.1 Å². The number of aryl methyl sites for hydroxylation is 1. The minimum absolute atomic E-state index is 0.176. The quantitative estimate of drug-likeness (QED) is 0.310. The molecule has 17 heteroatoms. The first-order valence-corrected chi connectivity index (χ1v) is 13.0. The number of halogens is 2. The number of benzene rings is 1. The third kappa shape index (κ3) is 6.76. The summed E-state index contributed by atoms with van der Waals surface area (Å²) in [5.74, 6) is -2.12. The van der Waals surface area contributed by atoms with Crippen molar-refractivity contribution in [2.45, 2.75) is 17.8 Å². The molecule has 3 rings (SSSR count). The number of aromatic nitrogens is 4. The van der Waals surface area contributed by atoms with Gasteiger partial charge in [0.2, 0.25) is 10.2 Å². The van der Waals surface area contributed by atoms with Gasteiger partial charge in [0.1, 0.15) is 18.1 Å². The summed E-state index contributed by atoms with van der Waals surface area (Å²) >= 11 is 12.8. The Balaban J connectivity index is 1.70. The van der Waals surface area contributed by atoms with Crippen molar-refractivity contribution in [2.24, 2.45) is 0 Å². The molecular weight excluding hydrogens is 559 g/mol. The summed E-state index contributed by atoms with van der Waals surface area (Å²) in [6, 6.07) is 4.61. The number of aromatic amines is 1. The van der Waals surface area contributed by atoms with Crippen LogP contribution in [0.5, 0.6) is 0 Å². The number of hydrogen-bond acceptors (Lipinski definition) is 9. The minimum Gasteiger partial charge on any atom is -0.480 e. The van der Waals surface area contributed by atoms with E-state index in [1.807, 2.05) is 4.98 Å². The highest BCUT2D eigenvalue weighted by Gasteiger charge is 2.23. The Morgan fingerprint density at radius 1 is 1.25 bits per heavy atom. The van der Waals surface area contributed by atoms with Crippen molar-refractivity contribution in [3.63, 3.8) is 0 Å². The number of carbonyl (C=O) groups excluding carboxylic acids is 1. The Labute approximate surface area is 217 Å². The molecule has 0 aliphatic rings. The van der Waals surface area contributed by atoms with Crippen LogP contribution in [0.1, 0.15) is 5.56 Å². The molecule has 13 nitrogen and oxygen atoms in total. The number of rotatable bonds is 10. The molecule has 2 aromatic heterocycles. The fourth-order valence-corrected chi connectivity index (χ4v) is 5.43. The summed E-state index contributed by atoms with van der Waals surface area (Å²) in [6.07, 6.45) is 1.17. The van der Waals surface area contributed by atoms with E-state index in [1.54, 1.807) is 6.07 Å². The topological polar surface area (TPSA) is 184 Å². The SMILES string of the molecule is Cc1cn(CC(=O)N(CCNS(=O)(=O)c2nnc(-c3cc(Cl)ccc3Cl)s2)CC(=O)O)c(=O)[nH]c1=O. The highest BCUT2D eigenvalue weighted by molar-refractivity contribution is 7.91. The first-order chi connectivity index (χ1) is 16.9. The smallest absolute Gasteiger partial charge is 0.328 e. The second kappa shape index (κ2) is 11.3. The summed E-state index contributed by atoms with van der Waals surface area (Å²) in [7, 11) is -4.16. The number of amides is 1. The Hall–Kier alpha value is -3.11. The molecule has 1 amide bonds. The normalized spacial score (nSPS) is 11.4. The number of nitrogens with zero attached hydrogens (tertiary/aromatic N) is 4. The van der Waals surface area contributed by atoms with E-state index < -0.39 is 46.2 Å². The van der Waals surface area contributed by atoms with Gasteiger partial charge >= 0.3 is 11.7 Å². The Kier molecular flexibility index (Phi) is 8.63. The van der Waals surface area contributed by atoms with Crippen LogP contribution in [0.3, 0.4) is 0 Å². The number of carbonyl (C=O) groups is 2. The fraction of sp³-hybridized carbons (Fsp3) is 0.263. The van der Waals surface area contributed by atoms with Gasteiger partial charge in [-0.1, -0.05) is 34.5 Å². The maximum atomic E-state index is 12.6. The summed E-state index contributed by atoms with van der Waals surface area (Å²) in [6.45, 7) is -0.548. The Bertz CT molecular complexity index is 1530. The van der Waals surface area contributed by atoms with Gasteiger partial charge in [-0.15, -0.1) is 10.2 Å². The van der Waals surface area contributed by atoms with Crippen LogP contribution in [0.15, 0.2) is 38.3 Å². The van der Waals surface area contributed by atoms with Gasteiger partial charge in [-0.25, -0.2) is 17.9 Å². The second-order valence-electron chi connectivity index (χ2n) is 7.30. The average Bonchev–Trinajstić information content (AvgIpc) is 3.29. The molecule has 0 saturated heterocycles. The molecule has 0 radical (unpaired) electrons. The zero-order chi connectivity index (χ0) is 26.6. The first-order valence-electron chi connectivity index (χ1n) is 9.96. The second-order valence-corrected chi connectivity index (χ2v) is 11.1. The number of carboxylic acid groups (broad SMARTS) is 1. The molecule has 3 N–H and O–H groups in total. The molecule has 0 spiro atoms.